The number of thiophene rings is 1. The van der Waals surface area contributed by atoms with Crippen molar-refractivity contribution in [2.75, 3.05) is 13.3 Å². The summed E-state index contributed by atoms with van der Waals surface area (Å²) in [5.74, 6) is 0. The van der Waals surface area contributed by atoms with Crippen LogP contribution in [0.25, 0.3) is 37.6 Å². The molecule has 3 heterocycles. The van der Waals surface area contributed by atoms with Crippen LogP contribution in [0.4, 0.5) is 0 Å². The van der Waals surface area contributed by atoms with Gasteiger partial charge in [0.25, 0.3) is 0 Å². The van der Waals surface area contributed by atoms with Crippen molar-refractivity contribution < 1.29 is 8.42 Å². The Balaban J connectivity index is 1.34. The number of hydrogen-bond acceptors (Lipinski definition) is 6. The number of aromatic nitrogens is 3. The average molecular weight is 599 g/mol. The van der Waals surface area contributed by atoms with Crippen LogP contribution in [0.15, 0.2) is 108 Å². The quantitative estimate of drug-likeness (QED) is 0.181. The fourth-order valence-corrected chi connectivity index (χ4v) is 6.81. The third-order valence-electron chi connectivity index (χ3n) is 6.83. The highest BCUT2D eigenvalue weighted by Gasteiger charge is 2.18. The Morgan fingerprint density at radius 3 is 2.49 bits per heavy atom. The second-order valence-corrected chi connectivity index (χ2v) is 13.5. The Bertz CT molecular complexity index is 1980. The maximum absolute atomic E-state index is 12.1. The molecule has 6 rings (SSSR count). The van der Waals surface area contributed by atoms with Gasteiger partial charge in [-0.25, -0.2) is 13.1 Å². The molecule has 206 valence electrons. The van der Waals surface area contributed by atoms with Crippen molar-refractivity contribution in [1.82, 2.24) is 19.7 Å². The largest absolute Gasteiger partial charge is 0.296 e. The molecule has 9 heteroatoms. The molecule has 6 aromatic rings. The first kappa shape index (κ1) is 27.4. The molecule has 3 aromatic heterocycles. The van der Waals surface area contributed by atoms with Crippen molar-refractivity contribution in [3.63, 3.8) is 0 Å². The standard InChI is InChI=1S/C32H27ClN4O2S2/c1-36(20-24-10-5-8-22-11-7-17-34-32(22)24)21-25-19-29(37(35-25)28-14-4-3-13-27(28)33)31-16-15-30(40-31)23-9-6-12-26(18-23)41(2,38)39/h3-19H,20-21H2,1-2H3. The SMILES string of the molecule is CN(Cc1cc(-c2ccc(-c3cccc(S(C)(=O)=O)c3)s2)n(-c2ccccc2Cl)n1)Cc1cccc2cccnc12. The van der Waals surface area contributed by atoms with Gasteiger partial charge in [-0.05, 0) is 66.7 Å². The lowest BCUT2D eigenvalue weighted by Gasteiger charge is -2.16. The van der Waals surface area contributed by atoms with Gasteiger partial charge in [0.05, 0.1) is 37.4 Å². The van der Waals surface area contributed by atoms with Crippen LogP contribution in [0, 0.1) is 0 Å². The van der Waals surface area contributed by atoms with E-state index in [9.17, 15) is 8.42 Å². The molecule has 0 N–H and O–H groups in total. The molecule has 0 aliphatic heterocycles. The average Bonchev–Trinajstić information content (AvgIpc) is 3.61. The van der Waals surface area contributed by atoms with Crippen LogP contribution >= 0.6 is 22.9 Å². The number of hydrogen-bond donors (Lipinski definition) is 0. The first-order valence-electron chi connectivity index (χ1n) is 13.0. The third-order valence-corrected chi connectivity index (χ3v) is 9.42. The lowest BCUT2D eigenvalue weighted by Crippen LogP contribution is -2.18. The van der Waals surface area contributed by atoms with Gasteiger partial charge in [0.15, 0.2) is 9.84 Å². The van der Waals surface area contributed by atoms with Crippen molar-refractivity contribution in [2.24, 2.45) is 0 Å². The monoisotopic (exact) mass is 598 g/mol. The fraction of sp³-hybridized carbons (Fsp3) is 0.125. The first-order valence-corrected chi connectivity index (χ1v) is 16.1. The van der Waals surface area contributed by atoms with Gasteiger partial charge in [-0.15, -0.1) is 11.3 Å². The molecule has 0 aliphatic carbocycles. The molecule has 0 atom stereocenters. The van der Waals surface area contributed by atoms with Crippen LogP contribution < -0.4 is 0 Å². The molecule has 41 heavy (non-hydrogen) atoms. The zero-order chi connectivity index (χ0) is 28.6. The minimum absolute atomic E-state index is 0.303. The molecule has 0 amide bonds. The summed E-state index contributed by atoms with van der Waals surface area (Å²) in [6.45, 7) is 1.35. The minimum atomic E-state index is -3.30. The van der Waals surface area contributed by atoms with Gasteiger partial charge in [0.2, 0.25) is 0 Å². The minimum Gasteiger partial charge on any atom is -0.296 e. The summed E-state index contributed by atoms with van der Waals surface area (Å²) in [6.07, 6.45) is 3.06. The second-order valence-electron chi connectivity index (χ2n) is 10.0. The number of benzene rings is 3. The van der Waals surface area contributed by atoms with Crippen LogP contribution in [0.1, 0.15) is 11.3 Å². The van der Waals surface area contributed by atoms with E-state index < -0.39 is 9.84 Å². The highest BCUT2D eigenvalue weighted by Crippen LogP contribution is 2.37. The molecule has 0 fully saturated rings. The van der Waals surface area contributed by atoms with Crippen LogP contribution in [0.2, 0.25) is 5.02 Å². The number of pyridine rings is 1. The molecule has 6 nitrogen and oxygen atoms in total. The van der Waals surface area contributed by atoms with Gasteiger partial charge < -0.3 is 0 Å². The third kappa shape index (κ3) is 5.83. The molecule has 0 spiro atoms. The lowest BCUT2D eigenvalue weighted by molar-refractivity contribution is 0.315. The predicted octanol–water partition coefficient (Wildman–Crippen LogP) is 7.50. The van der Waals surface area contributed by atoms with Gasteiger partial charge in [-0.3, -0.25) is 9.88 Å². The van der Waals surface area contributed by atoms with Gasteiger partial charge >= 0.3 is 0 Å². The Morgan fingerprint density at radius 1 is 0.878 bits per heavy atom. The van der Waals surface area contributed by atoms with E-state index in [4.69, 9.17) is 16.7 Å². The normalized spacial score (nSPS) is 11.9. The Kier molecular flexibility index (Phi) is 7.48. The maximum atomic E-state index is 12.1. The van der Waals surface area contributed by atoms with Crippen LogP contribution in [-0.4, -0.2) is 41.4 Å². The van der Waals surface area contributed by atoms with Crippen molar-refractivity contribution in [3.8, 4) is 26.7 Å². The number of para-hydroxylation sites is 2. The van der Waals surface area contributed by atoms with Crippen molar-refractivity contribution in [3.05, 3.63) is 120 Å². The number of nitrogens with zero attached hydrogens (tertiary/aromatic N) is 4. The van der Waals surface area contributed by atoms with Crippen molar-refractivity contribution in [1.29, 1.82) is 0 Å². The zero-order valence-electron chi connectivity index (χ0n) is 22.5. The summed E-state index contributed by atoms with van der Waals surface area (Å²) >= 11 is 8.21. The topological polar surface area (TPSA) is 68.1 Å². The molecule has 0 saturated carbocycles. The molecule has 0 saturated heterocycles. The molecule has 0 unspecified atom stereocenters. The molecule has 0 bridgehead atoms. The highest BCUT2D eigenvalue weighted by atomic mass is 35.5. The number of sulfone groups is 1. The first-order chi connectivity index (χ1) is 19.8. The van der Waals surface area contributed by atoms with E-state index in [0.717, 1.165) is 55.4 Å². The van der Waals surface area contributed by atoms with Gasteiger partial charge in [0.1, 0.15) is 0 Å². The smallest absolute Gasteiger partial charge is 0.175 e. The molecule has 3 aromatic carbocycles. The van der Waals surface area contributed by atoms with Gasteiger partial charge in [-0.2, -0.15) is 5.10 Å². The van der Waals surface area contributed by atoms with E-state index in [1.807, 2.05) is 59.4 Å². The number of rotatable bonds is 8. The number of fused-ring (bicyclic) bond motifs is 1. The Hall–Kier alpha value is -3.82. The maximum Gasteiger partial charge on any atom is 0.175 e. The van der Waals surface area contributed by atoms with E-state index in [0.29, 0.717) is 16.5 Å². The highest BCUT2D eigenvalue weighted by molar-refractivity contribution is 7.90. The summed E-state index contributed by atoms with van der Waals surface area (Å²) < 4.78 is 26.1. The van der Waals surface area contributed by atoms with E-state index in [2.05, 4.69) is 47.3 Å². The Morgan fingerprint density at radius 2 is 1.66 bits per heavy atom. The molecular formula is C32H27ClN4O2S2. The fourth-order valence-electron chi connectivity index (χ4n) is 4.92. The summed E-state index contributed by atoms with van der Waals surface area (Å²) in [5.41, 5.74) is 5.65. The predicted molar refractivity (Wildman–Crippen MR) is 167 cm³/mol. The molecular weight excluding hydrogens is 572 g/mol. The Labute approximate surface area is 248 Å². The lowest BCUT2D eigenvalue weighted by atomic mass is 10.1. The van der Waals surface area contributed by atoms with Crippen LogP contribution in [-0.2, 0) is 22.9 Å². The van der Waals surface area contributed by atoms with Crippen molar-refractivity contribution in [2.45, 2.75) is 18.0 Å². The van der Waals surface area contributed by atoms with E-state index >= 15 is 0 Å². The molecule has 0 radical (unpaired) electrons. The van der Waals surface area contributed by atoms with Gasteiger partial charge in [-0.1, -0.05) is 60.1 Å². The van der Waals surface area contributed by atoms with Gasteiger partial charge in [0, 0.05) is 35.8 Å². The summed E-state index contributed by atoms with van der Waals surface area (Å²) in [4.78, 5) is 9.11. The molecule has 0 aliphatic rings. The summed E-state index contributed by atoms with van der Waals surface area (Å²) in [7, 11) is -1.22. The van der Waals surface area contributed by atoms with E-state index in [1.165, 1.54) is 6.26 Å². The number of halogens is 1. The van der Waals surface area contributed by atoms with Crippen molar-refractivity contribution >= 4 is 43.7 Å². The summed E-state index contributed by atoms with van der Waals surface area (Å²) in [5, 5.41) is 6.72. The second kappa shape index (κ2) is 11.2. The van der Waals surface area contributed by atoms with E-state index in [1.54, 1.807) is 29.5 Å². The zero-order valence-corrected chi connectivity index (χ0v) is 24.9. The van der Waals surface area contributed by atoms with E-state index in [-0.39, 0.29) is 0 Å². The van der Waals surface area contributed by atoms with Crippen LogP contribution in [0.3, 0.4) is 0 Å². The van der Waals surface area contributed by atoms with Crippen LogP contribution in [0.5, 0.6) is 0 Å². The summed E-state index contributed by atoms with van der Waals surface area (Å²) in [6, 6.07) is 31.2.